The van der Waals surface area contributed by atoms with E-state index in [0.717, 1.165) is 24.7 Å². The molecule has 0 fully saturated rings. The van der Waals surface area contributed by atoms with Crippen LogP contribution in [0.15, 0.2) is 18.2 Å². The van der Waals surface area contributed by atoms with Gasteiger partial charge in [-0.2, -0.15) is 0 Å². The third-order valence-corrected chi connectivity index (χ3v) is 2.55. The summed E-state index contributed by atoms with van der Waals surface area (Å²) in [5.41, 5.74) is 1.17. The molecule has 0 spiro atoms. The fourth-order valence-corrected chi connectivity index (χ4v) is 1.67. The Morgan fingerprint density at radius 2 is 1.95 bits per heavy atom. The molecule has 0 saturated carbocycles. The Kier molecular flexibility index (Phi) is 7.30. The molecule has 1 aromatic carbocycles. The first-order chi connectivity index (χ1) is 9.17. The highest BCUT2D eigenvalue weighted by atomic mass is 16.5. The molecular formula is C15H25NO3. The summed E-state index contributed by atoms with van der Waals surface area (Å²) in [6.07, 6.45) is 0. The SMILES string of the molecule is CNCc1ccc(OCCOCC(C)C)c(OC)c1. The van der Waals surface area contributed by atoms with Gasteiger partial charge in [-0.25, -0.2) is 0 Å². The number of nitrogens with one attached hydrogen (secondary N) is 1. The van der Waals surface area contributed by atoms with E-state index < -0.39 is 0 Å². The van der Waals surface area contributed by atoms with Crippen LogP contribution in [-0.2, 0) is 11.3 Å². The van der Waals surface area contributed by atoms with Crippen molar-refractivity contribution in [1.82, 2.24) is 5.32 Å². The topological polar surface area (TPSA) is 39.7 Å². The van der Waals surface area contributed by atoms with Crippen molar-refractivity contribution in [2.24, 2.45) is 5.92 Å². The van der Waals surface area contributed by atoms with Crippen LogP contribution in [0.1, 0.15) is 19.4 Å². The largest absolute Gasteiger partial charge is 0.493 e. The molecule has 0 aliphatic heterocycles. The molecule has 0 saturated heterocycles. The molecule has 1 rings (SSSR count). The van der Waals surface area contributed by atoms with Gasteiger partial charge in [-0.1, -0.05) is 19.9 Å². The Balaban J connectivity index is 2.44. The molecule has 0 heterocycles. The molecule has 4 nitrogen and oxygen atoms in total. The van der Waals surface area contributed by atoms with Gasteiger partial charge in [0.2, 0.25) is 0 Å². The molecule has 0 aromatic heterocycles. The zero-order valence-electron chi connectivity index (χ0n) is 12.4. The number of hydrogen-bond acceptors (Lipinski definition) is 4. The van der Waals surface area contributed by atoms with Gasteiger partial charge in [0.05, 0.1) is 13.7 Å². The second kappa shape index (κ2) is 8.77. The van der Waals surface area contributed by atoms with E-state index in [9.17, 15) is 0 Å². The number of rotatable bonds is 9. The first kappa shape index (κ1) is 15.8. The average molecular weight is 267 g/mol. The van der Waals surface area contributed by atoms with Gasteiger partial charge in [0, 0.05) is 13.2 Å². The van der Waals surface area contributed by atoms with E-state index >= 15 is 0 Å². The van der Waals surface area contributed by atoms with E-state index in [1.54, 1.807) is 7.11 Å². The van der Waals surface area contributed by atoms with Gasteiger partial charge >= 0.3 is 0 Å². The van der Waals surface area contributed by atoms with Crippen molar-refractivity contribution in [2.75, 3.05) is 34.0 Å². The lowest BCUT2D eigenvalue weighted by atomic mass is 10.2. The molecule has 1 aromatic rings. The van der Waals surface area contributed by atoms with E-state index in [0.29, 0.717) is 19.1 Å². The summed E-state index contributed by atoms with van der Waals surface area (Å²) in [4.78, 5) is 0. The predicted octanol–water partition coefficient (Wildman–Crippen LogP) is 2.47. The van der Waals surface area contributed by atoms with E-state index in [-0.39, 0.29) is 0 Å². The first-order valence-electron chi connectivity index (χ1n) is 6.69. The second-order valence-electron chi connectivity index (χ2n) is 4.83. The van der Waals surface area contributed by atoms with Crippen LogP contribution in [0.4, 0.5) is 0 Å². The van der Waals surface area contributed by atoms with Crippen molar-refractivity contribution in [3.63, 3.8) is 0 Å². The minimum absolute atomic E-state index is 0.536. The summed E-state index contributed by atoms with van der Waals surface area (Å²) in [6, 6.07) is 5.96. The van der Waals surface area contributed by atoms with Crippen LogP contribution in [0.2, 0.25) is 0 Å². The van der Waals surface area contributed by atoms with Gasteiger partial charge in [-0.15, -0.1) is 0 Å². The maximum atomic E-state index is 5.67. The quantitative estimate of drug-likeness (QED) is 0.698. The van der Waals surface area contributed by atoms with Crippen molar-refractivity contribution < 1.29 is 14.2 Å². The number of methoxy groups -OCH3 is 1. The van der Waals surface area contributed by atoms with Crippen LogP contribution in [0, 0.1) is 5.92 Å². The summed E-state index contributed by atoms with van der Waals surface area (Å²) in [5.74, 6) is 2.07. The number of benzene rings is 1. The highest BCUT2D eigenvalue weighted by Gasteiger charge is 2.05. The van der Waals surface area contributed by atoms with Crippen molar-refractivity contribution in [3.05, 3.63) is 23.8 Å². The Hall–Kier alpha value is -1.26. The highest BCUT2D eigenvalue weighted by molar-refractivity contribution is 5.42. The summed E-state index contributed by atoms with van der Waals surface area (Å²) in [7, 11) is 3.57. The fraction of sp³-hybridized carbons (Fsp3) is 0.600. The van der Waals surface area contributed by atoms with E-state index in [2.05, 4.69) is 19.2 Å². The lowest BCUT2D eigenvalue weighted by Gasteiger charge is -2.13. The van der Waals surface area contributed by atoms with Gasteiger partial charge in [0.15, 0.2) is 11.5 Å². The first-order valence-corrected chi connectivity index (χ1v) is 6.69. The number of hydrogen-bond donors (Lipinski definition) is 1. The van der Waals surface area contributed by atoms with Gasteiger partial charge in [0.1, 0.15) is 6.61 Å². The summed E-state index contributed by atoms with van der Waals surface area (Å²) in [5, 5.41) is 3.11. The molecule has 0 bridgehead atoms. The van der Waals surface area contributed by atoms with Crippen molar-refractivity contribution >= 4 is 0 Å². The Bertz CT molecular complexity index is 366. The molecule has 0 aliphatic rings. The van der Waals surface area contributed by atoms with Crippen LogP contribution in [0.3, 0.4) is 0 Å². The van der Waals surface area contributed by atoms with Crippen LogP contribution in [-0.4, -0.2) is 34.0 Å². The van der Waals surface area contributed by atoms with Crippen LogP contribution < -0.4 is 14.8 Å². The zero-order valence-corrected chi connectivity index (χ0v) is 12.4. The smallest absolute Gasteiger partial charge is 0.161 e. The molecule has 1 N–H and O–H groups in total. The van der Waals surface area contributed by atoms with E-state index in [1.807, 2.05) is 25.2 Å². The molecule has 0 amide bonds. The lowest BCUT2D eigenvalue weighted by molar-refractivity contribution is 0.0811. The lowest BCUT2D eigenvalue weighted by Crippen LogP contribution is -2.11. The summed E-state index contributed by atoms with van der Waals surface area (Å²) in [6.45, 7) is 6.97. The highest BCUT2D eigenvalue weighted by Crippen LogP contribution is 2.27. The molecule has 4 heteroatoms. The van der Waals surface area contributed by atoms with Gasteiger partial charge in [0.25, 0.3) is 0 Å². The molecule has 0 unspecified atom stereocenters. The Morgan fingerprint density at radius 1 is 1.16 bits per heavy atom. The van der Waals surface area contributed by atoms with Crippen LogP contribution >= 0.6 is 0 Å². The molecule has 0 atom stereocenters. The minimum atomic E-state index is 0.536. The summed E-state index contributed by atoms with van der Waals surface area (Å²) < 4.78 is 16.5. The zero-order chi connectivity index (χ0) is 14.1. The normalized spacial score (nSPS) is 10.8. The molecule has 0 radical (unpaired) electrons. The minimum Gasteiger partial charge on any atom is -0.493 e. The molecule has 19 heavy (non-hydrogen) atoms. The standard InChI is InChI=1S/C15H25NO3/c1-12(2)11-18-7-8-19-14-6-5-13(10-16-3)9-15(14)17-4/h5-6,9,12,16H,7-8,10-11H2,1-4H3. The number of ether oxygens (including phenoxy) is 3. The average Bonchev–Trinajstić information content (AvgIpc) is 2.39. The monoisotopic (exact) mass is 267 g/mol. The van der Waals surface area contributed by atoms with Crippen LogP contribution in [0.25, 0.3) is 0 Å². The maximum Gasteiger partial charge on any atom is 0.161 e. The molecule has 0 aliphatic carbocycles. The van der Waals surface area contributed by atoms with Crippen LogP contribution in [0.5, 0.6) is 11.5 Å². The van der Waals surface area contributed by atoms with Gasteiger partial charge in [-0.3, -0.25) is 0 Å². The molecule has 108 valence electrons. The van der Waals surface area contributed by atoms with Crippen molar-refractivity contribution in [2.45, 2.75) is 20.4 Å². The maximum absolute atomic E-state index is 5.67. The van der Waals surface area contributed by atoms with Crippen molar-refractivity contribution in [3.8, 4) is 11.5 Å². The van der Waals surface area contributed by atoms with Gasteiger partial charge in [-0.05, 0) is 30.7 Å². The van der Waals surface area contributed by atoms with Crippen molar-refractivity contribution in [1.29, 1.82) is 0 Å². The fourth-order valence-electron chi connectivity index (χ4n) is 1.67. The van der Waals surface area contributed by atoms with Gasteiger partial charge < -0.3 is 19.5 Å². The van der Waals surface area contributed by atoms with E-state index in [4.69, 9.17) is 14.2 Å². The predicted molar refractivity (Wildman–Crippen MR) is 76.9 cm³/mol. The Labute approximate surface area is 116 Å². The Morgan fingerprint density at radius 3 is 2.58 bits per heavy atom. The second-order valence-corrected chi connectivity index (χ2v) is 4.83. The molecular weight excluding hydrogens is 242 g/mol. The summed E-state index contributed by atoms with van der Waals surface area (Å²) >= 11 is 0. The third kappa shape index (κ3) is 5.94. The third-order valence-electron chi connectivity index (χ3n) is 2.55. The van der Waals surface area contributed by atoms with E-state index in [1.165, 1.54) is 5.56 Å².